The molecule has 1 aliphatic rings. The molecule has 0 saturated carbocycles. The molecule has 0 bridgehead atoms. The Labute approximate surface area is 134 Å². The Balaban J connectivity index is 1.71. The highest BCUT2D eigenvalue weighted by Crippen LogP contribution is 2.32. The number of oxime groups is 1. The average Bonchev–Trinajstić information content (AvgIpc) is 3.13. The molecule has 4 heterocycles. The molecule has 23 heavy (non-hydrogen) atoms. The van der Waals surface area contributed by atoms with Gasteiger partial charge in [0.15, 0.2) is 0 Å². The predicted molar refractivity (Wildman–Crippen MR) is 89.5 cm³/mol. The monoisotopic (exact) mass is 306 g/mol. The summed E-state index contributed by atoms with van der Waals surface area (Å²) in [6, 6.07) is 8.12. The molecule has 1 N–H and O–H groups in total. The van der Waals surface area contributed by atoms with Crippen molar-refractivity contribution in [2.45, 2.75) is 25.7 Å². The van der Waals surface area contributed by atoms with Crippen molar-refractivity contribution in [2.24, 2.45) is 5.16 Å². The third-order valence-electron chi connectivity index (χ3n) is 4.68. The normalized spacial score (nSPS) is 20.5. The third kappa shape index (κ3) is 2.29. The maximum absolute atomic E-state index is 5.26. The molecule has 0 spiro atoms. The van der Waals surface area contributed by atoms with Crippen molar-refractivity contribution >= 4 is 16.7 Å². The van der Waals surface area contributed by atoms with Crippen LogP contribution in [0, 0.1) is 0 Å². The second-order valence-corrected chi connectivity index (χ2v) is 6.21. The Hall–Kier alpha value is -2.69. The van der Waals surface area contributed by atoms with Gasteiger partial charge in [-0.1, -0.05) is 11.2 Å². The number of aromatic amines is 1. The molecule has 116 valence electrons. The fourth-order valence-corrected chi connectivity index (χ4v) is 2.95. The molecule has 0 aliphatic carbocycles. The number of pyridine rings is 2. The molecular weight excluding hydrogens is 288 g/mol. The van der Waals surface area contributed by atoms with Gasteiger partial charge in [-0.2, -0.15) is 0 Å². The number of aromatic nitrogens is 3. The summed E-state index contributed by atoms with van der Waals surface area (Å²) in [5, 5.41) is 4.08. The zero-order valence-electron chi connectivity index (χ0n) is 13.2. The van der Waals surface area contributed by atoms with E-state index in [1.807, 2.05) is 43.7 Å². The van der Waals surface area contributed by atoms with Crippen LogP contribution in [-0.4, -0.2) is 27.3 Å². The second kappa shape index (κ2) is 5.19. The van der Waals surface area contributed by atoms with Crippen molar-refractivity contribution in [3.8, 4) is 0 Å². The first-order valence-electron chi connectivity index (χ1n) is 7.70. The zero-order valence-corrected chi connectivity index (χ0v) is 13.2. The maximum Gasteiger partial charge on any atom is 0.131 e. The van der Waals surface area contributed by atoms with Gasteiger partial charge < -0.3 is 9.82 Å². The third-order valence-corrected chi connectivity index (χ3v) is 4.68. The standard InChI is InChI=1S/C18H18N4O/c1-12-18(2,11-23-22-12)14-8-16-17(21-10-14)13(9-20-16)7-15-5-3-4-6-19-15/h3-6,8-10,20H,7,11H2,1-2H3. The lowest BCUT2D eigenvalue weighted by atomic mass is 9.80. The molecule has 0 saturated heterocycles. The number of hydrogen-bond donors (Lipinski definition) is 1. The van der Waals surface area contributed by atoms with Gasteiger partial charge in [0, 0.05) is 36.3 Å². The van der Waals surface area contributed by atoms with E-state index in [1.54, 1.807) is 0 Å². The summed E-state index contributed by atoms with van der Waals surface area (Å²) in [5.41, 5.74) is 6.13. The van der Waals surface area contributed by atoms with Crippen molar-refractivity contribution in [3.05, 3.63) is 59.7 Å². The number of nitrogens with zero attached hydrogens (tertiary/aromatic N) is 3. The first kappa shape index (κ1) is 13.9. The molecule has 3 aromatic heterocycles. The number of rotatable bonds is 3. The van der Waals surface area contributed by atoms with Crippen LogP contribution >= 0.6 is 0 Å². The number of nitrogens with one attached hydrogen (secondary N) is 1. The molecule has 0 amide bonds. The van der Waals surface area contributed by atoms with Gasteiger partial charge in [-0.15, -0.1) is 0 Å². The summed E-state index contributed by atoms with van der Waals surface area (Å²) >= 11 is 0. The van der Waals surface area contributed by atoms with Crippen LogP contribution in [0.3, 0.4) is 0 Å². The van der Waals surface area contributed by atoms with E-state index in [2.05, 4.69) is 28.1 Å². The van der Waals surface area contributed by atoms with Crippen LogP contribution in [0.2, 0.25) is 0 Å². The lowest BCUT2D eigenvalue weighted by Crippen LogP contribution is -2.30. The SMILES string of the molecule is CC1=NOCC1(C)c1cnc2c(Cc3ccccn3)c[nH]c2c1. The lowest BCUT2D eigenvalue weighted by Gasteiger charge is -2.21. The number of hydrogen-bond acceptors (Lipinski definition) is 4. The van der Waals surface area contributed by atoms with Crippen molar-refractivity contribution in [1.82, 2.24) is 15.0 Å². The van der Waals surface area contributed by atoms with Gasteiger partial charge in [0.25, 0.3) is 0 Å². The van der Waals surface area contributed by atoms with E-state index < -0.39 is 0 Å². The van der Waals surface area contributed by atoms with Gasteiger partial charge in [0.05, 0.1) is 22.2 Å². The highest BCUT2D eigenvalue weighted by molar-refractivity contribution is 5.94. The largest absolute Gasteiger partial charge is 0.394 e. The molecule has 1 unspecified atom stereocenters. The zero-order chi connectivity index (χ0) is 15.9. The number of fused-ring (bicyclic) bond motifs is 1. The summed E-state index contributed by atoms with van der Waals surface area (Å²) in [4.78, 5) is 17.7. The molecule has 4 rings (SSSR count). The van der Waals surface area contributed by atoms with Gasteiger partial charge in [-0.25, -0.2) is 0 Å². The van der Waals surface area contributed by atoms with Crippen molar-refractivity contribution < 1.29 is 4.84 Å². The van der Waals surface area contributed by atoms with E-state index >= 15 is 0 Å². The Morgan fingerprint density at radius 3 is 2.96 bits per heavy atom. The molecule has 0 radical (unpaired) electrons. The molecule has 5 nitrogen and oxygen atoms in total. The fourth-order valence-electron chi connectivity index (χ4n) is 2.95. The van der Waals surface area contributed by atoms with Crippen LogP contribution in [0.1, 0.15) is 30.7 Å². The molecule has 3 aromatic rings. The van der Waals surface area contributed by atoms with E-state index in [-0.39, 0.29) is 5.41 Å². The van der Waals surface area contributed by atoms with Crippen molar-refractivity contribution in [1.29, 1.82) is 0 Å². The summed E-state index contributed by atoms with van der Waals surface area (Å²) in [6.07, 6.45) is 6.54. The van der Waals surface area contributed by atoms with E-state index in [0.717, 1.165) is 40.0 Å². The van der Waals surface area contributed by atoms with Crippen LogP contribution in [0.25, 0.3) is 11.0 Å². The highest BCUT2D eigenvalue weighted by atomic mass is 16.6. The summed E-state index contributed by atoms with van der Waals surface area (Å²) in [7, 11) is 0. The maximum atomic E-state index is 5.26. The van der Waals surface area contributed by atoms with E-state index in [0.29, 0.717) is 6.61 Å². The van der Waals surface area contributed by atoms with Gasteiger partial charge in [0.2, 0.25) is 0 Å². The smallest absolute Gasteiger partial charge is 0.131 e. The van der Waals surface area contributed by atoms with E-state index in [1.165, 1.54) is 0 Å². The van der Waals surface area contributed by atoms with Gasteiger partial charge in [0.1, 0.15) is 6.61 Å². The Kier molecular flexibility index (Phi) is 3.15. The lowest BCUT2D eigenvalue weighted by molar-refractivity contribution is 0.148. The van der Waals surface area contributed by atoms with Crippen LogP contribution < -0.4 is 0 Å². The van der Waals surface area contributed by atoms with Crippen LogP contribution in [0.15, 0.2) is 48.0 Å². The molecule has 1 atom stereocenters. The first-order valence-corrected chi connectivity index (χ1v) is 7.70. The molecular formula is C18H18N4O. The van der Waals surface area contributed by atoms with E-state index in [9.17, 15) is 0 Å². The van der Waals surface area contributed by atoms with Crippen LogP contribution in [-0.2, 0) is 16.7 Å². The Bertz CT molecular complexity index is 884. The topological polar surface area (TPSA) is 63.2 Å². The Morgan fingerprint density at radius 1 is 1.30 bits per heavy atom. The van der Waals surface area contributed by atoms with Crippen molar-refractivity contribution in [3.63, 3.8) is 0 Å². The first-order chi connectivity index (χ1) is 11.2. The summed E-state index contributed by atoms with van der Waals surface area (Å²) in [6.45, 7) is 4.70. The molecule has 0 fully saturated rings. The predicted octanol–water partition coefficient (Wildman–Crippen LogP) is 3.21. The van der Waals surface area contributed by atoms with Gasteiger partial charge in [-0.05, 0) is 37.6 Å². The van der Waals surface area contributed by atoms with Gasteiger partial charge in [-0.3, -0.25) is 9.97 Å². The van der Waals surface area contributed by atoms with E-state index in [4.69, 9.17) is 9.82 Å². The van der Waals surface area contributed by atoms with Gasteiger partial charge >= 0.3 is 0 Å². The fraction of sp³-hybridized carbons (Fsp3) is 0.278. The minimum Gasteiger partial charge on any atom is -0.394 e. The number of H-pyrrole nitrogens is 1. The minimum absolute atomic E-state index is 0.201. The van der Waals surface area contributed by atoms with Crippen molar-refractivity contribution in [2.75, 3.05) is 6.61 Å². The van der Waals surface area contributed by atoms with Crippen LogP contribution in [0.5, 0.6) is 0 Å². The minimum atomic E-state index is -0.201. The average molecular weight is 306 g/mol. The Morgan fingerprint density at radius 2 is 2.22 bits per heavy atom. The quantitative estimate of drug-likeness (QED) is 0.808. The summed E-state index contributed by atoms with van der Waals surface area (Å²) < 4.78 is 0. The molecule has 1 aliphatic heterocycles. The summed E-state index contributed by atoms with van der Waals surface area (Å²) in [5.74, 6) is 0. The van der Waals surface area contributed by atoms with Crippen LogP contribution in [0.4, 0.5) is 0 Å². The molecule has 5 heteroatoms. The second-order valence-electron chi connectivity index (χ2n) is 6.21. The molecule has 0 aromatic carbocycles. The highest BCUT2D eigenvalue weighted by Gasteiger charge is 2.36.